The van der Waals surface area contributed by atoms with Crippen molar-refractivity contribution in [3.05, 3.63) is 41.1 Å². The van der Waals surface area contributed by atoms with Crippen molar-refractivity contribution in [2.75, 3.05) is 34.3 Å². The van der Waals surface area contributed by atoms with Crippen LogP contribution in [-0.2, 0) is 9.59 Å². The highest BCUT2D eigenvalue weighted by molar-refractivity contribution is 6.22. The van der Waals surface area contributed by atoms with Gasteiger partial charge in [0.2, 0.25) is 5.82 Å². The SMILES string of the molecule is COc1ccc(C2CC(=O)C(=CNCCN(C)C)C(=O)C2)c(F)c1F. The third-order valence-corrected chi connectivity index (χ3v) is 4.15. The van der Waals surface area contributed by atoms with Crippen molar-refractivity contribution < 1.29 is 23.1 Å². The molecule has 0 radical (unpaired) electrons. The number of halogens is 2. The summed E-state index contributed by atoms with van der Waals surface area (Å²) in [4.78, 5) is 26.5. The number of carbonyl (C=O) groups is 2. The van der Waals surface area contributed by atoms with E-state index in [0.29, 0.717) is 6.54 Å². The van der Waals surface area contributed by atoms with Crippen molar-refractivity contribution in [2.45, 2.75) is 18.8 Å². The second-order valence-corrected chi connectivity index (χ2v) is 6.25. The van der Waals surface area contributed by atoms with Gasteiger partial charge in [-0.25, -0.2) is 4.39 Å². The molecule has 7 heteroatoms. The first-order chi connectivity index (χ1) is 11.8. The van der Waals surface area contributed by atoms with Gasteiger partial charge in [-0.1, -0.05) is 6.07 Å². The molecule has 0 amide bonds. The van der Waals surface area contributed by atoms with E-state index in [2.05, 4.69) is 5.32 Å². The fourth-order valence-electron chi connectivity index (χ4n) is 2.76. The zero-order valence-corrected chi connectivity index (χ0v) is 14.6. The van der Waals surface area contributed by atoms with Gasteiger partial charge in [0.25, 0.3) is 0 Å². The third kappa shape index (κ3) is 4.42. The van der Waals surface area contributed by atoms with Crippen LogP contribution < -0.4 is 10.1 Å². The van der Waals surface area contributed by atoms with Crippen LogP contribution in [0, 0.1) is 11.6 Å². The van der Waals surface area contributed by atoms with E-state index in [1.54, 1.807) is 0 Å². The molecule has 0 unspecified atom stereocenters. The van der Waals surface area contributed by atoms with Crippen LogP contribution in [0.2, 0.25) is 0 Å². The molecule has 1 aliphatic carbocycles. The Hall–Kier alpha value is -2.28. The number of methoxy groups -OCH3 is 1. The zero-order valence-electron chi connectivity index (χ0n) is 14.6. The summed E-state index contributed by atoms with van der Waals surface area (Å²) >= 11 is 0. The summed E-state index contributed by atoms with van der Waals surface area (Å²) in [6.45, 7) is 1.35. The minimum atomic E-state index is -1.11. The molecular weight excluding hydrogens is 330 g/mol. The maximum absolute atomic E-state index is 14.2. The average Bonchev–Trinajstić information content (AvgIpc) is 2.55. The Kier molecular flexibility index (Phi) is 6.25. The van der Waals surface area contributed by atoms with E-state index in [9.17, 15) is 18.4 Å². The summed E-state index contributed by atoms with van der Waals surface area (Å²) < 4.78 is 32.8. The van der Waals surface area contributed by atoms with E-state index in [1.165, 1.54) is 25.4 Å². The molecule has 5 nitrogen and oxygen atoms in total. The minimum absolute atomic E-state index is 0.0274. The maximum atomic E-state index is 14.2. The van der Waals surface area contributed by atoms with Gasteiger partial charge in [0.15, 0.2) is 23.1 Å². The molecule has 0 aromatic heterocycles. The van der Waals surface area contributed by atoms with Crippen LogP contribution >= 0.6 is 0 Å². The maximum Gasteiger partial charge on any atom is 0.200 e. The molecule has 0 saturated heterocycles. The highest BCUT2D eigenvalue weighted by Gasteiger charge is 2.33. The number of ketones is 2. The Morgan fingerprint density at radius 2 is 1.84 bits per heavy atom. The average molecular weight is 352 g/mol. The summed E-state index contributed by atoms with van der Waals surface area (Å²) in [5.74, 6) is -3.78. The number of nitrogens with one attached hydrogen (secondary N) is 1. The van der Waals surface area contributed by atoms with E-state index in [0.717, 1.165) is 6.54 Å². The number of allylic oxidation sites excluding steroid dienone is 1. The number of benzene rings is 1. The van der Waals surface area contributed by atoms with E-state index >= 15 is 0 Å². The lowest BCUT2D eigenvalue weighted by atomic mass is 9.80. The van der Waals surface area contributed by atoms with Crippen molar-refractivity contribution in [3.63, 3.8) is 0 Å². The molecule has 136 valence electrons. The summed E-state index contributed by atoms with van der Waals surface area (Å²) in [6, 6.07) is 2.67. The van der Waals surface area contributed by atoms with E-state index in [1.807, 2.05) is 19.0 Å². The number of Topliss-reactive ketones (excluding diaryl/α,β-unsaturated/α-hetero) is 2. The normalized spacial score (nSPS) is 17.8. The lowest BCUT2D eigenvalue weighted by molar-refractivity contribution is -0.124. The van der Waals surface area contributed by atoms with Gasteiger partial charge in [0.05, 0.1) is 12.7 Å². The lowest BCUT2D eigenvalue weighted by Crippen LogP contribution is -2.29. The van der Waals surface area contributed by atoms with Crippen LogP contribution in [0.25, 0.3) is 0 Å². The number of rotatable bonds is 6. The van der Waals surface area contributed by atoms with Crippen molar-refractivity contribution in [1.29, 1.82) is 0 Å². The molecule has 0 heterocycles. The number of nitrogens with zero attached hydrogens (tertiary/aromatic N) is 1. The number of carbonyl (C=O) groups excluding carboxylic acids is 2. The van der Waals surface area contributed by atoms with Crippen LogP contribution in [0.3, 0.4) is 0 Å². The third-order valence-electron chi connectivity index (χ3n) is 4.15. The molecule has 0 aliphatic heterocycles. The first kappa shape index (κ1) is 19.1. The van der Waals surface area contributed by atoms with Crippen LogP contribution in [0.1, 0.15) is 24.3 Å². The van der Waals surface area contributed by atoms with Gasteiger partial charge in [0, 0.05) is 38.0 Å². The van der Waals surface area contributed by atoms with Gasteiger partial charge in [0.1, 0.15) is 0 Å². The molecule has 0 atom stereocenters. The topological polar surface area (TPSA) is 58.6 Å². The van der Waals surface area contributed by atoms with Crippen LogP contribution in [-0.4, -0.2) is 50.8 Å². The van der Waals surface area contributed by atoms with Crippen molar-refractivity contribution in [1.82, 2.24) is 10.2 Å². The smallest absolute Gasteiger partial charge is 0.200 e. The summed E-state index contributed by atoms with van der Waals surface area (Å²) in [7, 11) is 5.07. The Bertz CT molecular complexity index is 682. The largest absolute Gasteiger partial charge is 0.494 e. The first-order valence-electron chi connectivity index (χ1n) is 8.01. The fourth-order valence-corrected chi connectivity index (χ4v) is 2.76. The van der Waals surface area contributed by atoms with Crippen molar-refractivity contribution in [3.8, 4) is 5.75 Å². The lowest BCUT2D eigenvalue weighted by Gasteiger charge is -2.23. The molecule has 1 saturated carbocycles. The highest BCUT2D eigenvalue weighted by atomic mass is 19.2. The van der Waals surface area contributed by atoms with Crippen LogP contribution in [0.15, 0.2) is 23.9 Å². The molecule has 0 spiro atoms. The van der Waals surface area contributed by atoms with Gasteiger partial charge in [-0.3, -0.25) is 9.59 Å². The van der Waals surface area contributed by atoms with E-state index < -0.39 is 17.6 Å². The van der Waals surface area contributed by atoms with Crippen LogP contribution in [0.4, 0.5) is 8.78 Å². The molecule has 1 aliphatic rings. The van der Waals surface area contributed by atoms with Gasteiger partial charge < -0.3 is 15.0 Å². The standard InChI is InChI=1S/C18H22F2N2O3/c1-22(2)7-6-21-10-13-14(23)8-11(9-15(13)24)12-4-5-16(25-3)18(20)17(12)19/h4-5,10-11,21H,6-9H2,1-3H3. The second kappa shape index (κ2) is 8.20. The van der Waals surface area contributed by atoms with E-state index in [-0.39, 0.29) is 41.3 Å². The molecule has 2 rings (SSSR count). The Morgan fingerprint density at radius 3 is 2.40 bits per heavy atom. The number of hydrogen-bond acceptors (Lipinski definition) is 5. The van der Waals surface area contributed by atoms with Gasteiger partial charge in [-0.15, -0.1) is 0 Å². The first-order valence-corrected chi connectivity index (χ1v) is 8.01. The van der Waals surface area contributed by atoms with Crippen molar-refractivity contribution >= 4 is 11.6 Å². The fraction of sp³-hybridized carbons (Fsp3) is 0.444. The van der Waals surface area contributed by atoms with Gasteiger partial charge in [-0.05, 0) is 25.7 Å². The molecular formula is C18H22F2N2O3. The number of likely N-dealkylation sites (N-methyl/N-ethyl adjacent to an activating group) is 1. The zero-order chi connectivity index (χ0) is 18.6. The second-order valence-electron chi connectivity index (χ2n) is 6.25. The monoisotopic (exact) mass is 352 g/mol. The summed E-state index contributed by atoms with van der Waals surface area (Å²) in [6.07, 6.45) is 1.36. The predicted molar refractivity (Wildman–Crippen MR) is 89.5 cm³/mol. The Labute approximate surface area is 145 Å². The Morgan fingerprint density at radius 1 is 1.20 bits per heavy atom. The number of hydrogen-bond donors (Lipinski definition) is 1. The summed E-state index contributed by atoms with van der Waals surface area (Å²) in [5.41, 5.74) is 0.115. The van der Waals surface area contributed by atoms with Gasteiger partial charge in [-0.2, -0.15) is 4.39 Å². The molecule has 1 aromatic rings. The molecule has 25 heavy (non-hydrogen) atoms. The molecule has 1 aromatic carbocycles. The highest BCUT2D eigenvalue weighted by Crippen LogP contribution is 2.35. The number of ether oxygens (including phenoxy) is 1. The Balaban J connectivity index is 2.12. The van der Waals surface area contributed by atoms with Crippen LogP contribution in [0.5, 0.6) is 5.75 Å². The molecule has 1 fully saturated rings. The quantitative estimate of drug-likeness (QED) is 0.482. The molecule has 0 bridgehead atoms. The van der Waals surface area contributed by atoms with Gasteiger partial charge >= 0.3 is 0 Å². The predicted octanol–water partition coefficient (Wildman–Crippen LogP) is 2.02. The van der Waals surface area contributed by atoms with E-state index in [4.69, 9.17) is 4.74 Å². The molecule has 1 N–H and O–H groups in total. The van der Waals surface area contributed by atoms with Crippen molar-refractivity contribution in [2.24, 2.45) is 0 Å². The minimum Gasteiger partial charge on any atom is -0.494 e. The summed E-state index contributed by atoms with van der Waals surface area (Å²) in [5, 5.41) is 2.94.